The molecular formula is C5H9N3O2. The minimum absolute atomic E-state index is 0.478. The van der Waals surface area contributed by atoms with E-state index < -0.39 is 6.03 Å². The lowest BCUT2D eigenvalue weighted by molar-refractivity contribution is -0.113. The second kappa shape index (κ2) is 4.49. The lowest BCUT2D eigenvalue weighted by Crippen LogP contribution is -2.18. The summed E-state index contributed by atoms with van der Waals surface area (Å²) < 4.78 is 0. The zero-order chi connectivity index (χ0) is 7.98. The van der Waals surface area contributed by atoms with Crippen LogP contribution < -0.4 is 5.32 Å². The molecule has 56 valence electrons. The zero-order valence-corrected chi connectivity index (χ0v) is 5.87. The maximum Gasteiger partial charge on any atom is 0.342 e. The molecule has 0 saturated heterocycles. The van der Waals surface area contributed by atoms with E-state index in [4.69, 9.17) is 0 Å². The van der Waals surface area contributed by atoms with Crippen LogP contribution >= 0.6 is 0 Å². The number of rotatable bonds is 2. The first-order chi connectivity index (χ1) is 4.70. The number of hydrogen-bond donors (Lipinski definition) is 1. The molecule has 0 unspecified atom stereocenters. The first-order valence-corrected chi connectivity index (χ1v) is 2.64. The van der Waals surface area contributed by atoms with Crippen molar-refractivity contribution in [2.75, 3.05) is 14.1 Å². The highest BCUT2D eigenvalue weighted by molar-refractivity contribution is 5.85. The van der Waals surface area contributed by atoms with Gasteiger partial charge in [0.15, 0.2) is 0 Å². The van der Waals surface area contributed by atoms with E-state index >= 15 is 0 Å². The van der Waals surface area contributed by atoms with Gasteiger partial charge in [-0.25, -0.2) is 4.79 Å². The van der Waals surface area contributed by atoms with Crippen LogP contribution in [0.5, 0.6) is 0 Å². The molecule has 3 amide bonds. The molecule has 0 radical (unpaired) electrons. The van der Waals surface area contributed by atoms with E-state index in [0.29, 0.717) is 6.41 Å². The van der Waals surface area contributed by atoms with E-state index in [1.807, 2.05) is 0 Å². The number of nitrogens with zero attached hydrogens (tertiary/aromatic N) is 2. The van der Waals surface area contributed by atoms with Crippen LogP contribution in [0.4, 0.5) is 4.79 Å². The maximum absolute atomic E-state index is 10.4. The van der Waals surface area contributed by atoms with E-state index in [1.54, 1.807) is 0 Å². The maximum atomic E-state index is 10.4. The number of urea groups is 1. The molecule has 0 saturated carbocycles. The molecule has 0 atom stereocenters. The van der Waals surface area contributed by atoms with Crippen molar-refractivity contribution < 1.29 is 9.59 Å². The molecule has 5 heteroatoms. The van der Waals surface area contributed by atoms with Crippen LogP contribution in [0, 0.1) is 0 Å². The SMILES string of the molecule is CNC(=O)N=CN(C)C=O. The molecule has 0 aliphatic carbocycles. The van der Waals surface area contributed by atoms with E-state index in [1.165, 1.54) is 14.1 Å². The summed E-state index contributed by atoms with van der Waals surface area (Å²) in [5.74, 6) is 0. The van der Waals surface area contributed by atoms with Gasteiger partial charge in [0.2, 0.25) is 6.41 Å². The Morgan fingerprint density at radius 1 is 1.70 bits per heavy atom. The minimum atomic E-state index is -0.478. The average molecular weight is 143 g/mol. The summed E-state index contributed by atoms with van der Waals surface area (Å²) in [6.07, 6.45) is 1.68. The molecule has 0 aliphatic heterocycles. The van der Waals surface area contributed by atoms with Crippen molar-refractivity contribution in [3.63, 3.8) is 0 Å². The highest BCUT2D eigenvalue weighted by Crippen LogP contribution is 1.71. The van der Waals surface area contributed by atoms with Crippen molar-refractivity contribution in [3.8, 4) is 0 Å². The Balaban J connectivity index is 3.74. The Morgan fingerprint density at radius 2 is 2.30 bits per heavy atom. The number of amides is 3. The van der Waals surface area contributed by atoms with Gasteiger partial charge in [-0.05, 0) is 0 Å². The third-order valence-electron chi connectivity index (χ3n) is 0.737. The van der Waals surface area contributed by atoms with Crippen LogP contribution in [-0.2, 0) is 4.79 Å². The molecule has 10 heavy (non-hydrogen) atoms. The van der Waals surface area contributed by atoms with E-state index in [-0.39, 0.29) is 0 Å². The molecular weight excluding hydrogens is 134 g/mol. The van der Waals surface area contributed by atoms with Gasteiger partial charge in [0.05, 0.1) is 0 Å². The Hall–Kier alpha value is -1.39. The van der Waals surface area contributed by atoms with E-state index in [0.717, 1.165) is 11.2 Å². The van der Waals surface area contributed by atoms with Gasteiger partial charge >= 0.3 is 6.03 Å². The Kier molecular flexibility index (Phi) is 3.86. The smallest absolute Gasteiger partial charge is 0.339 e. The van der Waals surface area contributed by atoms with Gasteiger partial charge in [0, 0.05) is 14.1 Å². The molecule has 5 nitrogen and oxygen atoms in total. The summed E-state index contributed by atoms with van der Waals surface area (Å²) in [6, 6.07) is -0.478. The number of aliphatic imine (C=N–C) groups is 1. The quantitative estimate of drug-likeness (QED) is 0.320. The average Bonchev–Trinajstić information content (AvgIpc) is 1.99. The Labute approximate surface area is 58.7 Å². The number of carbonyl (C=O) groups is 2. The van der Waals surface area contributed by atoms with Crippen LogP contribution in [0.2, 0.25) is 0 Å². The highest BCUT2D eigenvalue weighted by Gasteiger charge is 1.89. The molecule has 0 aromatic heterocycles. The van der Waals surface area contributed by atoms with Crippen molar-refractivity contribution in [1.29, 1.82) is 0 Å². The van der Waals surface area contributed by atoms with Gasteiger partial charge in [-0.2, -0.15) is 4.99 Å². The minimum Gasteiger partial charge on any atom is -0.339 e. The van der Waals surface area contributed by atoms with E-state index in [2.05, 4.69) is 10.3 Å². The number of carbonyl (C=O) groups excluding carboxylic acids is 2. The number of nitrogens with one attached hydrogen (secondary N) is 1. The molecule has 0 bridgehead atoms. The molecule has 0 aliphatic rings. The van der Waals surface area contributed by atoms with Gasteiger partial charge in [0.25, 0.3) is 0 Å². The fraction of sp³-hybridized carbons (Fsp3) is 0.400. The molecule has 0 rings (SSSR count). The summed E-state index contributed by atoms with van der Waals surface area (Å²) in [5.41, 5.74) is 0. The molecule has 0 spiro atoms. The van der Waals surface area contributed by atoms with E-state index in [9.17, 15) is 9.59 Å². The van der Waals surface area contributed by atoms with Crippen LogP contribution in [0.1, 0.15) is 0 Å². The van der Waals surface area contributed by atoms with Crippen molar-refractivity contribution in [1.82, 2.24) is 10.2 Å². The normalized spacial score (nSPS) is 9.40. The largest absolute Gasteiger partial charge is 0.342 e. The monoisotopic (exact) mass is 143 g/mol. The molecule has 0 aromatic rings. The van der Waals surface area contributed by atoms with Crippen LogP contribution in [-0.4, -0.2) is 37.8 Å². The standard InChI is InChI=1S/C5H9N3O2/c1-6-5(10)7-3-8(2)4-9/h3-4H,1-2H3,(H,6,10). The second-order valence-electron chi connectivity index (χ2n) is 1.57. The van der Waals surface area contributed by atoms with Gasteiger partial charge < -0.3 is 10.2 Å². The van der Waals surface area contributed by atoms with Crippen LogP contribution in [0.25, 0.3) is 0 Å². The van der Waals surface area contributed by atoms with Gasteiger partial charge in [-0.1, -0.05) is 0 Å². The molecule has 0 fully saturated rings. The van der Waals surface area contributed by atoms with Gasteiger partial charge in [-0.15, -0.1) is 0 Å². The Bertz CT molecular complexity index is 155. The summed E-state index contributed by atoms with van der Waals surface area (Å²) in [5, 5.41) is 2.26. The molecule has 1 N–H and O–H groups in total. The molecule has 0 heterocycles. The van der Waals surface area contributed by atoms with Crippen molar-refractivity contribution in [2.45, 2.75) is 0 Å². The summed E-state index contributed by atoms with van der Waals surface area (Å²) in [6.45, 7) is 0. The summed E-state index contributed by atoms with van der Waals surface area (Å²) in [4.78, 5) is 24.8. The summed E-state index contributed by atoms with van der Waals surface area (Å²) >= 11 is 0. The second-order valence-corrected chi connectivity index (χ2v) is 1.57. The Morgan fingerprint density at radius 3 is 2.70 bits per heavy atom. The topological polar surface area (TPSA) is 61.8 Å². The number of hydrogen-bond acceptors (Lipinski definition) is 2. The van der Waals surface area contributed by atoms with Crippen LogP contribution in [0.15, 0.2) is 4.99 Å². The zero-order valence-electron chi connectivity index (χ0n) is 5.87. The third-order valence-corrected chi connectivity index (χ3v) is 0.737. The van der Waals surface area contributed by atoms with Gasteiger partial charge in [0.1, 0.15) is 6.34 Å². The predicted molar refractivity (Wildman–Crippen MR) is 36.8 cm³/mol. The van der Waals surface area contributed by atoms with Gasteiger partial charge in [-0.3, -0.25) is 4.79 Å². The van der Waals surface area contributed by atoms with Crippen molar-refractivity contribution >= 4 is 18.8 Å². The van der Waals surface area contributed by atoms with Crippen molar-refractivity contribution in [3.05, 3.63) is 0 Å². The van der Waals surface area contributed by atoms with Crippen LogP contribution in [0.3, 0.4) is 0 Å². The predicted octanol–water partition coefficient (Wildman–Crippen LogP) is -0.558. The first kappa shape index (κ1) is 8.61. The lowest BCUT2D eigenvalue weighted by atomic mass is 10.9. The fourth-order valence-corrected chi connectivity index (χ4v) is 0.235. The fourth-order valence-electron chi connectivity index (χ4n) is 0.235. The lowest BCUT2D eigenvalue weighted by Gasteiger charge is -1.98. The molecule has 0 aromatic carbocycles. The highest BCUT2D eigenvalue weighted by atomic mass is 16.2. The third kappa shape index (κ3) is 3.59. The first-order valence-electron chi connectivity index (χ1n) is 2.64. The van der Waals surface area contributed by atoms with Crippen molar-refractivity contribution in [2.24, 2.45) is 4.99 Å². The summed E-state index contributed by atoms with van der Waals surface area (Å²) in [7, 11) is 2.94.